The standard InChI is InChI=1S/C21H24N2O6/c1-21(2,3)20(27)22-13-8-6-12(7-9-13)18(24)23-15-11-17(29-5)16(28-4)10-14(15)19(25)26/h6-11H,1-5H3,(H,22,27)(H,23,24)(H,25,26)/p-1. The van der Waals surface area contributed by atoms with E-state index in [1.54, 1.807) is 32.9 Å². The SMILES string of the molecule is COc1cc(NC(=O)c2ccc(NC(=O)C(C)(C)C)cc2)c(C(=O)[O-])cc1OC. The van der Waals surface area contributed by atoms with Crippen LogP contribution in [0.5, 0.6) is 11.5 Å². The van der Waals surface area contributed by atoms with Crippen LogP contribution in [0.1, 0.15) is 41.5 Å². The number of hydrogen-bond acceptors (Lipinski definition) is 6. The van der Waals surface area contributed by atoms with E-state index >= 15 is 0 Å². The molecule has 0 spiro atoms. The fourth-order valence-electron chi connectivity index (χ4n) is 2.37. The largest absolute Gasteiger partial charge is 0.545 e. The molecule has 0 heterocycles. The number of benzene rings is 2. The predicted octanol–water partition coefficient (Wildman–Crippen LogP) is 2.30. The third-order valence-corrected chi connectivity index (χ3v) is 4.08. The number of anilines is 2. The Balaban J connectivity index is 2.24. The second-order valence-electron chi connectivity index (χ2n) is 7.28. The van der Waals surface area contributed by atoms with E-state index in [9.17, 15) is 19.5 Å². The van der Waals surface area contributed by atoms with Gasteiger partial charge >= 0.3 is 0 Å². The molecule has 0 atom stereocenters. The number of hydrogen-bond donors (Lipinski definition) is 2. The van der Waals surface area contributed by atoms with Crippen molar-refractivity contribution in [1.29, 1.82) is 0 Å². The van der Waals surface area contributed by atoms with Crippen LogP contribution in [0.3, 0.4) is 0 Å². The molecule has 2 rings (SSSR count). The number of carboxylic acids is 1. The Kier molecular flexibility index (Phi) is 6.48. The van der Waals surface area contributed by atoms with Crippen LogP contribution in [0.4, 0.5) is 11.4 Å². The van der Waals surface area contributed by atoms with Crippen molar-refractivity contribution in [1.82, 2.24) is 0 Å². The van der Waals surface area contributed by atoms with Crippen LogP contribution in [-0.4, -0.2) is 32.0 Å². The van der Waals surface area contributed by atoms with Gasteiger partial charge in [0.1, 0.15) is 0 Å². The molecule has 2 aromatic rings. The number of carbonyl (C=O) groups excluding carboxylic acids is 3. The number of carboxylic acid groups (broad SMARTS) is 1. The molecule has 8 heteroatoms. The van der Waals surface area contributed by atoms with Gasteiger partial charge in [0.05, 0.1) is 25.9 Å². The van der Waals surface area contributed by atoms with Crippen molar-refractivity contribution in [2.75, 3.05) is 24.9 Å². The molecule has 29 heavy (non-hydrogen) atoms. The van der Waals surface area contributed by atoms with E-state index in [0.29, 0.717) is 5.69 Å². The zero-order valence-electron chi connectivity index (χ0n) is 16.9. The van der Waals surface area contributed by atoms with E-state index in [-0.39, 0.29) is 34.2 Å². The molecular formula is C21H23N2O6-. The van der Waals surface area contributed by atoms with Crippen molar-refractivity contribution in [3.8, 4) is 11.5 Å². The summed E-state index contributed by atoms with van der Waals surface area (Å²) in [6.45, 7) is 5.38. The van der Waals surface area contributed by atoms with Gasteiger partial charge in [-0.15, -0.1) is 0 Å². The van der Waals surface area contributed by atoms with E-state index < -0.39 is 17.3 Å². The molecular weight excluding hydrogens is 376 g/mol. The Labute approximate surface area is 168 Å². The minimum absolute atomic E-state index is 0.0118. The highest BCUT2D eigenvalue weighted by molar-refractivity contribution is 6.08. The van der Waals surface area contributed by atoms with E-state index in [0.717, 1.165) is 0 Å². The van der Waals surface area contributed by atoms with Gasteiger partial charge < -0.3 is 30.0 Å². The Bertz CT molecular complexity index is 929. The van der Waals surface area contributed by atoms with E-state index in [1.807, 2.05) is 0 Å². The fraction of sp³-hybridized carbons (Fsp3) is 0.286. The molecule has 0 saturated carbocycles. The maximum Gasteiger partial charge on any atom is 0.255 e. The zero-order chi connectivity index (χ0) is 21.8. The molecule has 0 fully saturated rings. The first-order valence-electron chi connectivity index (χ1n) is 8.77. The summed E-state index contributed by atoms with van der Waals surface area (Å²) in [6.07, 6.45) is 0. The molecule has 0 radical (unpaired) electrons. The second kappa shape index (κ2) is 8.64. The van der Waals surface area contributed by atoms with Gasteiger partial charge in [-0.25, -0.2) is 0 Å². The van der Waals surface area contributed by atoms with Crippen LogP contribution in [0.15, 0.2) is 36.4 Å². The van der Waals surface area contributed by atoms with Crippen molar-refractivity contribution in [2.45, 2.75) is 20.8 Å². The van der Waals surface area contributed by atoms with E-state index in [4.69, 9.17) is 9.47 Å². The molecule has 8 nitrogen and oxygen atoms in total. The molecule has 0 aliphatic heterocycles. The van der Waals surface area contributed by atoms with Gasteiger partial charge in [-0.1, -0.05) is 20.8 Å². The number of rotatable bonds is 6. The zero-order valence-corrected chi connectivity index (χ0v) is 16.9. The summed E-state index contributed by atoms with van der Waals surface area (Å²) in [6, 6.07) is 8.79. The van der Waals surface area contributed by atoms with Crippen LogP contribution in [0.25, 0.3) is 0 Å². The lowest BCUT2D eigenvalue weighted by molar-refractivity contribution is -0.254. The quantitative estimate of drug-likeness (QED) is 0.770. The Hall–Kier alpha value is -3.55. The molecule has 0 bridgehead atoms. The molecule has 154 valence electrons. The van der Waals surface area contributed by atoms with Gasteiger partial charge in [-0.3, -0.25) is 9.59 Å². The minimum atomic E-state index is -1.47. The van der Waals surface area contributed by atoms with Crippen LogP contribution in [0.2, 0.25) is 0 Å². The first-order valence-corrected chi connectivity index (χ1v) is 8.77. The maximum absolute atomic E-state index is 12.6. The lowest BCUT2D eigenvalue weighted by Crippen LogP contribution is -2.27. The highest BCUT2D eigenvalue weighted by Gasteiger charge is 2.21. The Morgan fingerprint density at radius 1 is 0.897 bits per heavy atom. The van der Waals surface area contributed by atoms with Gasteiger partial charge in [0, 0.05) is 28.3 Å². The molecule has 2 amide bonds. The minimum Gasteiger partial charge on any atom is -0.545 e. The predicted molar refractivity (Wildman–Crippen MR) is 106 cm³/mol. The molecule has 2 aromatic carbocycles. The van der Waals surface area contributed by atoms with E-state index in [2.05, 4.69) is 10.6 Å². The molecule has 2 N–H and O–H groups in total. The van der Waals surface area contributed by atoms with Crippen LogP contribution >= 0.6 is 0 Å². The smallest absolute Gasteiger partial charge is 0.255 e. The summed E-state index contributed by atoms with van der Waals surface area (Å²) in [5, 5.41) is 16.7. The topological polar surface area (TPSA) is 117 Å². The average Bonchev–Trinajstić information content (AvgIpc) is 2.67. The third-order valence-electron chi connectivity index (χ3n) is 4.08. The summed E-state index contributed by atoms with van der Waals surface area (Å²) in [7, 11) is 2.77. The number of methoxy groups -OCH3 is 2. The van der Waals surface area contributed by atoms with Crippen LogP contribution < -0.4 is 25.2 Å². The summed E-state index contributed by atoms with van der Waals surface area (Å²) >= 11 is 0. The van der Waals surface area contributed by atoms with Gasteiger partial charge in [0.25, 0.3) is 5.91 Å². The van der Waals surface area contributed by atoms with Crippen molar-refractivity contribution >= 4 is 29.2 Å². The highest BCUT2D eigenvalue weighted by Crippen LogP contribution is 2.33. The first-order chi connectivity index (χ1) is 13.6. The van der Waals surface area contributed by atoms with Gasteiger partial charge in [-0.2, -0.15) is 0 Å². The number of nitrogens with one attached hydrogen (secondary N) is 2. The highest BCUT2D eigenvalue weighted by atomic mass is 16.5. The van der Waals surface area contributed by atoms with Crippen molar-refractivity contribution in [3.63, 3.8) is 0 Å². The Morgan fingerprint density at radius 3 is 1.93 bits per heavy atom. The van der Waals surface area contributed by atoms with Gasteiger partial charge in [-0.05, 0) is 30.3 Å². The number of ether oxygens (including phenoxy) is 2. The molecule has 0 aliphatic rings. The molecule has 0 saturated heterocycles. The Morgan fingerprint density at radius 2 is 1.45 bits per heavy atom. The van der Waals surface area contributed by atoms with Crippen molar-refractivity contribution < 1.29 is 29.0 Å². The summed E-state index contributed by atoms with van der Waals surface area (Å²) in [5.41, 5.74) is 0.0359. The number of aromatic carboxylic acids is 1. The molecule has 0 unspecified atom stereocenters. The van der Waals surface area contributed by atoms with Crippen LogP contribution in [-0.2, 0) is 4.79 Å². The fourth-order valence-corrected chi connectivity index (χ4v) is 2.37. The third kappa shape index (κ3) is 5.25. The van der Waals surface area contributed by atoms with Gasteiger partial charge in [0.2, 0.25) is 5.91 Å². The van der Waals surface area contributed by atoms with Crippen molar-refractivity contribution in [2.24, 2.45) is 5.41 Å². The van der Waals surface area contributed by atoms with E-state index in [1.165, 1.54) is 38.5 Å². The lowest BCUT2D eigenvalue weighted by atomic mass is 9.95. The number of amides is 2. The summed E-state index contributed by atoms with van der Waals surface area (Å²) in [5.74, 6) is -1.70. The van der Waals surface area contributed by atoms with Crippen LogP contribution in [0, 0.1) is 5.41 Å². The monoisotopic (exact) mass is 399 g/mol. The average molecular weight is 399 g/mol. The first kappa shape index (κ1) is 21.7. The van der Waals surface area contributed by atoms with Gasteiger partial charge in [0.15, 0.2) is 11.5 Å². The van der Waals surface area contributed by atoms with Crippen molar-refractivity contribution in [3.05, 3.63) is 47.5 Å². The lowest BCUT2D eigenvalue weighted by Gasteiger charge is -2.18. The maximum atomic E-state index is 12.6. The summed E-state index contributed by atoms with van der Waals surface area (Å²) < 4.78 is 10.2. The summed E-state index contributed by atoms with van der Waals surface area (Å²) in [4.78, 5) is 36.0. The number of carbonyl (C=O) groups is 3. The molecule has 0 aromatic heterocycles. The molecule has 0 aliphatic carbocycles. The second-order valence-corrected chi connectivity index (χ2v) is 7.28. The normalized spacial score (nSPS) is 10.8.